The third-order valence-corrected chi connectivity index (χ3v) is 3.46. The Bertz CT molecular complexity index is 463. The second-order valence-electron chi connectivity index (χ2n) is 4.20. The fourth-order valence-corrected chi connectivity index (χ4v) is 2.25. The van der Waals surface area contributed by atoms with Gasteiger partial charge in [-0.15, -0.1) is 0 Å². The van der Waals surface area contributed by atoms with E-state index in [-0.39, 0.29) is 6.09 Å². The van der Waals surface area contributed by atoms with E-state index in [4.69, 9.17) is 16.3 Å². The van der Waals surface area contributed by atoms with Crippen molar-refractivity contribution in [3.63, 3.8) is 0 Å². The molecule has 0 saturated carbocycles. The van der Waals surface area contributed by atoms with Gasteiger partial charge in [-0.2, -0.15) is 0 Å². The molecule has 1 aromatic carbocycles. The quantitative estimate of drug-likeness (QED) is 0.564. The van der Waals surface area contributed by atoms with Crippen molar-refractivity contribution in [1.82, 2.24) is 5.32 Å². The van der Waals surface area contributed by atoms with Gasteiger partial charge in [0.25, 0.3) is 0 Å². The Kier molecular flexibility index (Phi) is 8.38. The number of halogens is 2. The maximum atomic E-state index is 11.0. The van der Waals surface area contributed by atoms with Gasteiger partial charge in [-0.3, -0.25) is 0 Å². The van der Waals surface area contributed by atoms with Gasteiger partial charge in [0.1, 0.15) is 0 Å². The first-order valence-corrected chi connectivity index (χ1v) is 7.80. The van der Waals surface area contributed by atoms with Crippen LogP contribution in [0.15, 0.2) is 34.8 Å². The van der Waals surface area contributed by atoms with Crippen LogP contribution < -0.4 is 5.32 Å². The molecule has 1 N–H and O–H groups in total. The number of hydrogen-bond donors (Lipinski definition) is 1. The summed E-state index contributed by atoms with van der Waals surface area (Å²) in [4.78, 5) is 11.0. The zero-order chi connectivity index (χ0) is 14.8. The summed E-state index contributed by atoms with van der Waals surface area (Å²) in [6.45, 7) is 2.84. The van der Waals surface area contributed by atoms with Crippen molar-refractivity contribution in [2.24, 2.45) is 0 Å². The molecule has 0 heterocycles. The lowest BCUT2D eigenvalue weighted by atomic mass is 10.1. The lowest BCUT2D eigenvalue weighted by Crippen LogP contribution is -2.23. The number of amides is 1. The van der Waals surface area contributed by atoms with Crippen LogP contribution in [0, 0.1) is 0 Å². The number of nitrogens with one attached hydrogen (secondary N) is 1. The number of rotatable bonds is 7. The van der Waals surface area contributed by atoms with E-state index < -0.39 is 0 Å². The van der Waals surface area contributed by atoms with Crippen molar-refractivity contribution in [2.75, 3.05) is 13.2 Å². The largest absolute Gasteiger partial charge is 0.449 e. The van der Waals surface area contributed by atoms with Crippen LogP contribution >= 0.6 is 27.5 Å². The van der Waals surface area contributed by atoms with E-state index in [1.54, 1.807) is 0 Å². The Morgan fingerprint density at radius 1 is 1.40 bits per heavy atom. The molecule has 0 unspecified atom stereocenters. The Morgan fingerprint density at radius 3 is 2.90 bits per heavy atom. The number of carbonyl (C=O) groups is 1. The van der Waals surface area contributed by atoms with Crippen molar-refractivity contribution in [3.8, 4) is 0 Å². The molecule has 0 radical (unpaired) electrons. The normalized spacial score (nSPS) is 10.8. The van der Waals surface area contributed by atoms with Crippen molar-refractivity contribution in [1.29, 1.82) is 0 Å². The monoisotopic (exact) mass is 359 g/mol. The number of ether oxygens (including phenoxy) is 1. The van der Waals surface area contributed by atoms with Gasteiger partial charge in [0.15, 0.2) is 0 Å². The van der Waals surface area contributed by atoms with E-state index in [0.29, 0.717) is 13.2 Å². The molecule has 3 nitrogen and oxygen atoms in total. The molecule has 0 saturated heterocycles. The van der Waals surface area contributed by atoms with Crippen LogP contribution in [0.4, 0.5) is 4.79 Å². The zero-order valence-corrected chi connectivity index (χ0v) is 13.8. The van der Waals surface area contributed by atoms with Gasteiger partial charge < -0.3 is 10.1 Å². The second-order valence-corrected chi connectivity index (χ2v) is 5.52. The fourth-order valence-electron chi connectivity index (χ4n) is 1.62. The van der Waals surface area contributed by atoms with E-state index >= 15 is 0 Å². The number of carbonyl (C=O) groups excluding carboxylic acids is 1. The molecule has 0 aliphatic heterocycles. The predicted molar refractivity (Wildman–Crippen MR) is 86.3 cm³/mol. The highest BCUT2D eigenvalue weighted by atomic mass is 79.9. The molecule has 1 aromatic rings. The van der Waals surface area contributed by atoms with Crippen molar-refractivity contribution in [2.45, 2.75) is 26.2 Å². The summed E-state index contributed by atoms with van der Waals surface area (Å²) >= 11 is 9.55. The fraction of sp³-hybridized carbons (Fsp3) is 0.400. The van der Waals surface area contributed by atoms with Gasteiger partial charge in [0.05, 0.1) is 6.61 Å². The van der Waals surface area contributed by atoms with Crippen LogP contribution in [0.3, 0.4) is 0 Å². The Morgan fingerprint density at radius 2 is 2.15 bits per heavy atom. The average Bonchev–Trinajstić information content (AvgIpc) is 2.41. The summed E-state index contributed by atoms with van der Waals surface area (Å²) in [5.74, 6) is 0. The van der Waals surface area contributed by atoms with Gasteiger partial charge in [-0.1, -0.05) is 39.7 Å². The molecule has 20 heavy (non-hydrogen) atoms. The lowest BCUT2D eigenvalue weighted by Gasteiger charge is -2.03. The maximum Gasteiger partial charge on any atom is 0.407 e. The van der Waals surface area contributed by atoms with Crippen LogP contribution in [0.5, 0.6) is 0 Å². The summed E-state index contributed by atoms with van der Waals surface area (Å²) in [5.41, 5.74) is 1.13. The first-order valence-electron chi connectivity index (χ1n) is 6.63. The number of benzene rings is 1. The van der Waals surface area contributed by atoms with Crippen molar-refractivity contribution >= 4 is 33.6 Å². The summed E-state index contributed by atoms with van der Waals surface area (Å²) in [7, 11) is 0. The zero-order valence-electron chi connectivity index (χ0n) is 11.5. The van der Waals surface area contributed by atoms with E-state index in [9.17, 15) is 4.79 Å². The van der Waals surface area contributed by atoms with Gasteiger partial charge in [0.2, 0.25) is 0 Å². The second kappa shape index (κ2) is 9.83. The molecule has 0 aromatic heterocycles. The predicted octanol–water partition coefficient (Wildman–Crippen LogP) is 4.73. The van der Waals surface area contributed by atoms with Crippen LogP contribution in [0.25, 0.3) is 0 Å². The summed E-state index contributed by atoms with van der Waals surface area (Å²) in [6.07, 6.45) is 6.28. The van der Waals surface area contributed by atoms with Gasteiger partial charge in [0, 0.05) is 16.0 Å². The topological polar surface area (TPSA) is 38.3 Å². The van der Waals surface area contributed by atoms with Crippen molar-refractivity contribution < 1.29 is 9.53 Å². The molecule has 0 atom stereocenters. The summed E-state index contributed by atoms with van der Waals surface area (Å²) < 4.78 is 5.99. The van der Waals surface area contributed by atoms with Crippen LogP contribution in [-0.2, 0) is 11.2 Å². The number of alkyl carbamates (subject to hydrolysis) is 1. The molecule has 0 spiro atoms. The lowest BCUT2D eigenvalue weighted by molar-refractivity contribution is 0.149. The summed E-state index contributed by atoms with van der Waals surface area (Å²) in [5, 5.41) is 3.37. The molecule has 1 amide bonds. The molecule has 0 aliphatic carbocycles. The highest BCUT2D eigenvalue weighted by Gasteiger charge is 2.00. The standard InChI is InChI=1S/C15H19BrClNO2/c1-2-18-15(19)20-10-6-4-3-5-7-12-11-13(16)8-9-14(12)17/h3-4,8-9,11H,2,5-7,10H2,1H3,(H,18,19). The first kappa shape index (κ1) is 17.1. The minimum absolute atomic E-state index is 0.359. The Hall–Kier alpha value is -1.000. The highest BCUT2D eigenvalue weighted by Crippen LogP contribution is 2.22. The molecule has 1 rings (SSSR count). The molecule has 0 aliphatic rings. The van der Waals surface area contributed by atoms with Gasteiger partial charge in [-0.25, -0.2) is 4.79 Å². The minimum atomic E-state index is -0.359. The molecular weight excluding hydrogens is 342 g/mol. The Labute approximate surface area is 133 Å². The minimum Gasteiger partial charge on any atom is -0.449 e. The Balaban J connectivity index is 2.19. The van der Waals surface area contributed by atoms with E-state index in [1.807, 2.05) is 31.2 Å². The third-order valence-electron chi connectivity index (χ3n) is 2.59. The molecule has 110 valence electrons. The van der Waals surface area contributed by atoms with Gasteiger partial charge in [-0.05, 0) is 49.9 Å². The summed E-state index contributed by atoms with van der Waals surface area (Å²) in [6, 6.07) is 5.86. The first-order chi connectivity index (χ1) is 9.63. The highest BCUT2D eigenvalue weighted by molar-refractivity contribution is 9.10. The average molecular weight is 361 g/mol. The maximum absolute atomic E-state index is 11.0. The SMILES string of the molecule is CCNC(=O)OCCC=CCCc1cc(Br)ccc1Cl. The number of allylic oxidation sites excluding steroid dienone is 1. The third kappa shape index (κ3) is 6.96. The molecule has 0 bridgehead atoms. The number of hydrogen-bond acceptors (Lipinski definition) is 2. The van der Waals surface area contributed by atoms with Crippen LogP contribution in [-0.4, -0.2) is 19.2 Å². The smallest absolute Gasteiger partial charge is 0.407 e. The molecular formula is C15H19BrClNO2. The molecule has 0 fully saturated rings. The molecule has 5 heteroatoms. The van der Waals surface area contributed by atoms with E-state index in [2.05, 4.69) is 27.3 Å². The van der Waals surface area contributed by atoms with Crippen LogP contribution in [0.1, 0.15) is 25.3 Å². The van der Waals surface area contributed by atoms with Crippen molar-refractivity contribution in [3.05, 3.63) is 45.4 Å². The van der Waals surface area contributed by atoms with E-state index in [0.717, 1.165) is 34.3 Å². The van der Waals surface area contributed by atoms with E-state index in [1.165, 1.54) is 0 Å². The number of aryl methyl sites for hydroxylation is 1. The van der Waals surface area contributed by atoms with Crippen LogP contribution in [0.2, 0.25) is 5.02 Å². The van der Waals surface area contributed by atoms with Gasteiger partial charge >= 0.3 is 6.09 Å².